The first kappa shape index (κ1) is 27.5. The first-order chi connectivity index (χ1) is 19.3. The molecule has 1 saturated heterocycles. The maximum absolute atomic E-state index is 13.5. The largest absolute Gasteiger partial charge is 0.384 e. The number of allylic oxidation sites excluding steroid dienone is 3. The fourth-order valence-electron chi connectivity index (χ4n) is 9.62. The number of piperidine rings is 1. The van der Waals surface area contributed by atoms with Crippen LogP contribution in [-0.2, 0) is 4.79 Å². The number of carbonyl (C=O) groups is 1. The molecule has 7 atom stereocenters. The molecule has 1 heterocycles. The molecular weight excluding hydrogens is 496 g/mol. The van der Waals surface area contributed by atoms with E-state index in [-0.39, 0.29) is 29.8 Å². The molecule has 2 saturated carbocycles. The maximum atomic E-state index is 13.5. The number of fused-ring (bicyclic) bond motifs is 4. The van der Waals surface area contributed by atoms with Gasteiger partial charge in [0.1, 0.15) is 18.4 Å². The van der Waals surface area contributed by atoms with Crippen LogP contribution >= 0.6 is 0 Å². The van der Waals surface area contributed by atoms with Gasteiger partial charge in [0.05, 0.1) is 5.41 Å². The van der Waals surface area contributed by atoms with E-state index in [4.69, 9.17) is 0 Å². The van der Waals surface area contributed by atoms with Gasteiger partial charge in [-0.05, 0) is 117 Å². The summed E-state index contributed by atoms with van der Waals surface area (Å²) in [5.41, 5.74) is 6.03. The molecule has 0 amide bonds. The molecule has 40 heavy (non-hydrogen) atoms. The van der Waals surface area contributed by atoms with Gasteiger partial charge in [-0.1, -0.05) is 54.6 Å². The summed E-state index contributed by atoms with van der Waals surface area (Å²) in [6.07, 6.45) is 11.4. The van der Waals surface area contributed by atoms with Crippen LogP contribution < -0.4 is 4.90 Å². The smallest absolute Gasteiger partial charge is 0.148 e. The Kier molecular flexibility index (Phi) is 7.28. The number of hydrogen-bond acceptors (Lipinski definition) is 5. The van der Waals surface area contributed by atoms with Gasteiger partial charge in [0.25, 0.3) is 0 Å². The fraction of sp³-hybridized carbons (Fsp3) is 0.629. The quantitative estimate of drug-likeness (QED) is 0.331. The number of ketones is 1. The predicted octanol–water partition coefficient (Wildman–Crippen LogP) is 6.96. The highest BCUT2D eigenvalue weighted by atomic mass is 16.3. The number of Topliss-reactive ketones (excluding diaryl/α,β-unsaturated/α-hetero) is 1. The van der Waals surface area contributed by atoms with Crippen molar-refractivity contribution in [3.8, 4) is 11.8 Å². The number of hydrogen-bond donors (Lipinski definition) is 1. The van der Waals surface area contributed by atoms with Gasteiger partial charge in [0.15, 0.2) is 0 Å². The number of anilines is 1. The second kappa shape index (κ2) is 10.6. The summed E-state index contributed by atoms with van der Waals surface area (Å²) in [6.45, 7) is 8.40. The van der Waals surface area contributed by atoms with Crippen LogP contribution in [0.1, 0.15) is 90.0 Å². The first-order valence-electron chi connectivity index (χ1n) is 15.6. The maximum Gasteiger partial charge on any atom is 0.148 e. The first-order valence-corrected chi connectivity index (χ1v) is 15.6. The number of benzene rings is 1. The minimum Gasteiger partial charge on any atom is -0.384 e. The zero-order valence-electron chi connectivity index (χ0n) is 24.4. The molecule has 5 heteroatoms. The zero-order chi connectivity index (χ0) is 28.1. The van der Waals surface area contributed by atoms with Gasteiger partial charge in [0.2, 0.25) is 0 Å². The minimum atomic E-state index is -0.721. The van der Waals surface area contributed by atoms with Crippen molar-refractivity contribution in [2.24, 2.45) is 33.8 Å². The highest BCUT2D eigenvalue weighted by Gasteiger charge is 2.65. The van der Waals surface area contributed by atoms with Crippen molar-refractivity contribution in [3.63, 3.8) is 0 Å². The predicted molar refractivity (Wildman–Crippen MR) is 160 cm³/mol. The molecule has 3 fully saturated rings. The Morgan fingerprint density at radius 1 is 1.15 bits per heavy atom. The minimum absolute atomic E-state index is 0.149. The molecule has 3 unspecified atom stereocenters. The summed E-state index contributed by atoms with van der Waals surface area (Å²) in [6, 6.07) is 9.08. The third-order valence-corrected chi connectivity index (χ3v) is 11.5. The van der Waals surface area contributed by atoms with Crippen LogP contribution in [0.25, 0.3) is 0 Å². The highest BCUT2D eigenvalue weighted by molar-refractivity contribution is 5.87. The summed E-state index contributed by atoms with van der Waals surface area (Å²) < 4.78 is 0. The van der Waals surface area contributed by atoms with Crippen molar-refractivity contribution < 1.29 is 9.90 Å². The number of aliphatic hydroxyl groups excluding tert-OH is 1. The molecule has 5 aliphatic rings. The Labute approximate surface area is 239 Å². The second-order valence-electron chi connectivity index (χ2n) is 13.4. The topological polar surface area (TPSA) is 70.0 Å². The van der Waals surface area contributed by atoms with Gasteiger partial charge in [-0.25, -0.2) is 0 Å². The van der Waals surface area contributed by atoms with Crippen molar-refractivity contribution in [2.75, 3.05) is 24.6 Å². The molecule has 212 valence electrons. The molecule has 0 bridgehead atoms. The molecular formula is C35H44N2O3. The number of aliphatic hydroxyl groups is 1. The average Bonchev–Trinajstić information content (AvgIpc) is 3.29. The van der Waals surface area contributed by atoms with Gasteiger partial charge >= 0.3 is 0 Å². The number of nitrogens with zero attached hydrogens (tertiary/aromatic N) is 2. The van der Waals surface area contributed by atoms with E-state index in [2.05, 4.69) is 66.1 Å². The molecule has 5 nitrogen and oxygen atoms in total. The average molecular weight is 541 g/mol. The summed E-state index contributed by atoms with van der Waals surface area (Å²) in [4.78, 5) is 27.5. The van der Waals surface area contributed by atoms with Crippen LogP contribution in [0.2, 0.25) is 0 Å². The van der Waals surface area contributed by atoms with Crippen LogP contribution in [0.15, 0.2) is 52.2 Å². The summed E-state index contributed by atoms with van der Waals surface area (Å²) in [5, 5.41) is 13.0. The number of rotatable bonds is 4. The van der Waals surface area contributed by atoms with Gasteiger partial charge in [-0.2, -0.15) is 4.91 Å². The lowest BCUT2D eigenvalue weighted by atomic mass is 9.47. The van der Waals surface area contributed by atoms with E-state index in [9.17, 15) is 14.8 Å². The van der Waals surface area contributed by atoms with E-state index in [1.165, 1.54) is 41.7 Å². The fourth-order valence-corrected chi connectivity index (χ4v) is 9.62. The van der Waals surface area contributed by atoms with Crippen LogP contribution in [0.3, 0.4) is 0 Å². The van der Waals surface area contributed by atoms with E-state index in [0.29, 0.717) is 17.8 Å². The third-order valence-electron chi connectivity index (χ3n) is 11.5. The molecule has 1 aromatic carbocycles. The Morgan fingerprint density at radius 2 is 1.90 bits per heavy atom. The third kappa shape index (κ3) is 4.21. The van der Waals surface area contributed by atoms with Crippen LogP contribution in [-0.4, -0.2) is 36.6 Å². The standard InChI is InChI=1S/C35H44N2O3/c1-23-20-30-32-14-16-35(24(2)39,15-7-19-38)34(32,3)22-31(33(30)28-13-10-26(36-40)21-29(23)28)25-8-11-27(12-9-25)37-17-5-4-6-18-37/h8-9,11-12,21,23,26,30-32,38H,4-6,10,13-14,16-20,22H2,1-3H3/t23?,26?,30-,31?,32-,34-,35+/m0/s1. The van der Waals surface area contributed by atoms with Gasteiger partial charge in [0, 0.05) is 24.7 Å². The molecule has 1 aromatic rings. The summed E-state index contributed by atoms with van der Waals surface area (Å²) in [7, 11) is 0. The van der Waals surface area contributed by atoms with Crippen molar-refractivity contribution in [3.05, 3.63) is 57.5 Å². The van der Waals surface area contributed by atoms with Gasteiger partial charge in [-0.3, -0.25) is 4.79 Å². The Balaban J connectivity index is 1.49. The van der Waals surface area contributed by atoms with Gasteiger partial charge < -0.3 is 10.0 Å². The normalized spacial score (nSPS) is 37.0. The molecule has 0 spiro atoms. The van der Waals surface area contributed by atoms with Crippen molar-refractivity contribution in [2.45, 2.75) is 90.5 Å². The van der Waals surface area contributed by atoms with E-state index < -0.39 is 5.41 Å². The lowest BCUT2D eigenvalue weighted by molar-refractivity contribution is -0.130. The molecule has 1 N–H and O–H groups in total. The number of carbonyl (C=O) groups excluding carboxylic acids is 1. The van der Waals surface area contributed by atoms with E-state index in [1.807, 2.05) is 0 Å². The van der Waals surface area contributed by atoms with Crippen LogP contribution in [0, 0.1) is 45.3 Å². The van der Waals surface area contributed by atoms with Crippen molar-refractivity contribution in [1.29, 1.82) is 0 Å². The molecule has 6 rings (SSSR count). The lowest BCUT2D eigenvalue weighted by Gasteiger charge is -2.55. The zero-order valence-corrected chi connectivity index (χ0v) is 24.4. The van der Waals surface area contributed by atoms with E-state index in [1.54, 1.807) is 12.5 Å². The lowest BCUT2D eigenvalue weighted by Crippen LogP contribution is -2.50. The van der Waals surface area contributed by atoms with Crippen molar-refractivity contribution in [1.82, 2.24) is 0 Å². The number of nitroso groups, excluding NO2 is 1. The summed E-state index contributed by atoms with van der Waals surface area (Å²) in [5.74, 6) is 7.78. The SMILES string of the molecule is CC(=O)[C@@]1(C#CCO)CC[C@H]2[C@@H]3CC(C)C4=CC(N=O)CCC4=C3C(c3ccc(N4CCCCC4)cc3)C[C@@]21C. The molecule has 0 radical (unpaired) electrons. The Hall–Kier alpha value is -2.71. The van der Waals surface area contributed by atoms with Gasteiger partial charge in [-0.15, -0.1) is 0 Å². The molecule has 1 aliphatic heterocycles. The van der Waals surface area contributed by atoms with E-state index in [0.717, 1.165) is 51.6 Å². The van der Waals surface area contributed by atoms with Crippen LogP contribution in [0.4, 0.5) is 5.69 Å². The summed E-state index contributed by atoms with van der Waals surface area (Å²) >= 11 is 0. The van der Waals surface area contributed by atoms with Crippen molar-refractivity contribution >= 4 is 11.5 Å². The molecule has 0 aromatic heterocycles. The monoisotopic (exact) mass is 540 g/mol. The Bertz CT molecular complexity index is 1290. The highest BCUT2D eigenvalue weighted by Crippen LogP contribution is 2.70. The molecule has 4 aliphatic carbocycles. The second-order valence-corrected chi connectivity index (χ2v) is 13.4. The van der Waals surface area contributed by atoms with Crippen LogP contribution in [0.5, 0.6) is 0 Å². The Morgan fingerprint density at radius 3 is 2.58 bits per heavy atom. The van der Waals surface area contributed by atoms with E-state index >= 15 is 0 Å².